The molecule has 288 valence electrons. The predicted octanol–water partition coefficient (Wildman–Crippen LogP) is 14.9. The molecule has 3 heterocycles. The van der Waals surface area contributed by atoms with Crippen molar-refractivity contribution in [1.82, 2.24) is 13.7 Å². The molecule has 5 nitrogen and oxygen atoms in total. The van der Waals surface area contributed by atoms with Gasteiger partial charge in [0.15, 0.2) is 0 Å². The summed E-state index contributed by atoms with van der Waals surface area (Å²) < 4.78 is 6.76. The molecule has 1 aliphatic rings. The fourth-order valence-electron chi connectivity index (χ4n) is 10.9. The van der Waals surface area contributed by atoms with Gasteiger partial charge in [-0.15, -0.1) is 0 Å². The van der Waals surface area contributed by atoms with E-state index in [1.807, 2.05) is 18.2 Å². The fourth-order valence-corrected chi connectivity index (χ4v) is 10.9. The molecule has 0 saturated heterocycles. The molecule has 13 rings (SSSR count). The minimum atomic E-state index is -0.205. The lowest BCUT2D eigenvalue weighted by Crippen LogP contribution is -2.14. The Hall–Kier alpha value is -8.38. The van der Waals surface area contributed by atoms with Crippen LogP contribution in [0, 0.1) is 17.9 Å². The quantitative estimate of drug-likeness (QED) is 0.164. The molecule has 9 aromatic carbocycles. The smallest absolute Gasteiger partial charge is 0.212 e. The topological polar surface area (TPSA) is 42.9 Å². The van der Waals surface area contributed by atoms with Gasteiger partial charge in [-0.25, -0.2) is 4.85 Å². The highest BCUT2D eigenvalue weighted by atomic mass is 15.0. The van der Waals surface area contributed by atoms with Gasteiger partial charge in [-0.05, 0) is 99.8 Å². The maximum absolute atomic E-state index is 11.2. The fraction of sp³-hybridized carbons (Fsp3) is 0.0526. The summed E-state index contributed by atoms with van der Waals surface area (Å²) in [6, 6.07) is 64.9. The number of para-hydroxylation sites is 3. The highest BCUT2D eigenvalue weighted by Crippen LogP contribution is 2.52. The van der Waals surface area contributed by atoms with Crippen LogP contribution in [-0.4, -0.2) is 13.7 Å². The van der Waals surface area contributed by atoms with Crippen LogP contribution >= 0.6 is 0 Å². The van der Waals surface area contributed by atoms with E-state index in [1.54, 1.807) is 0 Å². The van der Waals surface area contributed by atoms with Gasteiger partial charge >= 0.3 is 0 Å². The number of rotatable bonds is 3. The summed E-state index contributed by atoms with van der Waals surface area (Å²) in [5.41, 5.74) is 14.5. The van der Waals surface area contributed by atoms with Crippen molar-refractivity contribution in [3.05, 3.63) is 204 Å². The van der Waals surface area contributed by atoms with Gasteiger partial charge in [-0.3, -0.25) is 0 Å². The van der Waals surface area contributed by atoms with Crippen molar-refractivity contribution < 1.29 is 0 Å². The van der Waals surface area contributed by atoms with Gasteiger partial charge in [0.25, 0.3) is 0 Å². The first kappa shape index (κ1) is 34.5. The normalized spacial score (nSPS) is 13.1. The van der Waals surface area contributed by atoms with Crippen molar-refractivity contribution in [1.29, 1.82) is 5.26 Å². The lowest BCUT2D eigenvalue weighted by atomic mass is 9.82. The Balaban J connectivity index is 1.12. The number of benzene rings is 9. The van der Waals surface area contributed by atoms with Crippen LogP contribution < -0.4 is 0 Å². The van der Waals surface area contributed by atoms with Crippen LogP contribution in [0.15, 0.2) is 176 Å². The van der Waals surface area contributed by atoms with Gasteiger partial charge in [-0.1, -0.05) is 123 Å². The van der Waals surface area contributed by atoms with Crippen molar-refractivity contribution in [2.24, 2.45) is 0 Å². The standard InChI is InChI=1S/C57H35N5/c1-57(2)45-20-10-6-16-38(45)42-31-54-44(30-46(42)57)43-29-36(60-48-21-11-7-17-39(48)40-18-8-12-22-49(40)60)25-27-51(43)62(54)53-32-47(59-3)55(28-35(53)33-58)61-50-23-13-9-19-41(50)56-37-15-5-4-14-34(37)24-26-52(56)61/h4-32H,1-2H3. The number of nitriles is 1. The van der Waals surface area contributed by atoms with Crippen molar-refractivity contribution in [3.63, 3.8) is 0 Å². The maximum Gasteiger partial charge on any atom is 0.212 e. The molecule has 12 aromatic rings. The summed E-state index contributed by atoms with van der Waals surface area (Å²) in [6.45, 7) is 13.3. The van der Waals surface area contributed by atoms with Crippen molar-refractivity contribution in [2.75, 3.05) is 0 Å². The van der Waals surface area contributed by atoms with Crippen LogP contribution in [0.1, 0.15) is 30.5 Å². The molecular weight excluding hydrogens is 755 g/mol. The Morgan fingerprint density at radius 1 is 0.468 bits per heavy atom. The highest BCUT2D eigenvalue weighted by Gasteiger charge is 2.36. The van der Waals surface area contributed by atoms with E-state index in [2.05, 4.69) is 196 Å². The molecule has 0 radical (unpaired) electrons. The summed E-state index contributed by atoms with van der Waals surface area (Å²) in [4.78, 5) is 4.22. The minimum absolute atomic E-state index is 0.205. The average Bonchev–Trinajstić information content (AvgIpc) is 4.01. The summed E-state index contributed by atoms with van der Waals surface area (Å²) >= 11 is 0. The molecule has 0 fully saturated rings. The van der Waals surface area contributed by atoms with Crippen LogP contribution in [-0.2, 0) is 5.41 Å². The molecule has 1 aliphatic carbocycles. The van der Waals surface area contributed by atoms with Crippen molar-refractivity contribution in [3.8, 4) is 34.3 Å². The second-order valence-electron chi connectivity index (χ2n) is 17.1. The van der Waals surface area contributed by atoms with E-state index in [9.17, 15) is 5.26 Å². The monoisotopic (exact) mass is 789 g/mol. The Morgan fingerprint density at radius 2 is 1.06 bits per heavy atom. The summed E-state index contributed by atoms with van der Waals surface area (Å²) in [7, 11) is 0. The lowest BCUT2D eigenvalue weighted by molar-refractivity contribution is 0.661. The molecule has 0 aliphatic heterocycles. The van der Waals surface area contributed by atoms with E-state index < -0.39 is 0 Å². The van der Waals surface area contributed by atoms with Gasteiger partial charge in [0.05, 0.1) is 56.6 Å². The van der Waals surface area contributed by atoms with E-state index in [0.717, 1.165) is 71.1 Å². The first-order valence-electron chi connectivity index (χ1n) is 21.0. The molecule has 0 spiro atoms. The molecule has 0 unspecified atom stereocenters. The first-order chi connectivity index (χ1) is 30.4. The summed E-state index contributed by atoms with van der Waals surface area (Å²) in [5.74, 6) is 0. The summed E-state index contributed by atoms with van der Waals surface area (Å²) in [5, 5.41) is 20.4. The van der Waals surface area contributed by atoms with E-state index in [0.29, 0.717) is 22.6 Å². The third-order valence-corrected chi connectivity index (χ3v) is 13.7. The van der Waals surface area contributed by atoms with Crippen LogP contribution in [0.2, 0.25) is 0 Å². The largest absolute Gasteiger partial charge is 0.319 e. The number of nitrogens with zero attached hydrogens (tertiary/aromatic N) is 5. The predicted molar refractivity (Wildman–Crippen MR) is 256 cm³/mol. The minimum Gasteiger partial charge on any atom is -0.319 e. The van der Waals surface area contributed by atoms with Gasteiger partial charge in [0, 0.05) is 43.4 Å². The number of aromatic nitrogens is 3. The van der Waals surface area contributed by atoms with Gasteiger partial charge in [0.1, 0.15) is 6.07 Å². The second-order valence-corrected chi connectivity index (χ2v) is 17.1. The van der Waals surface area contributed by atoms with E-state index in [4.69, 9.17) is 6.57 Å². The Labute approximate surface area is 357 Å². The zero-order valence-electron chi connectivity index (χ0n) is 34.0. The van der Waals surface area contributed by atoms with Crippen LogP contribution in [0.3, 0.4) is 0 Å². The molecule has 0 saturated carbocycles. The van der Waals surface area contributed by atoms with Crippen molar-refractivity contribution in [2.45, 2.75) is 19.3 Å². The zero-order valence-corrected chi connectivity index (χ0v) is 34.0. The zero-order chi connectivity index (χ0) is 41.4. The highest BCUT2D eigenvalue weighted by molar-refractivity contribution is 6.21. The Morgan fingerprint density at radius 3 is 1.81 bits per heavy atom. The van der Waals surface area contributed by atoms with E-state index in [-0.39, 0.29) is 5.41 Å². The maximum atomic E-state index is 11.2. The SMILES string of the molecule is [C-]#[N+]c1cc(-n2c3ccc(-n4c5ccccc5c5ccccc54)cc3c3cc4c(cc32)-c2ccccc2C4(C)C)c(C#N)cc1-n1c2ccccc2c2c3ccccc3ccc21. The molecule has 0 amide bonds. The number of hydrogen-bond donors (Lipinski definition) is 0. The Kier molecular flexibility index (Phi) is 6.86. The van der Waals surface area contributed by atoms with Gasteiger partial charge in [0.2, 0.25) is 5.69 Å². The third-order valence-electron chi connectivity index (χ3n) is 13.7. The van der Waals surface area contributed by atoms with E-state index in [1.165, 1.54) is 33.0 Å². The Bertz CT molecular complexity index is 3990. The molecule has 5 heteroatoms. The summed E-state index contributed by atoms with van der Waals surface area (Å²) in [6.07, 6.45) is 0. The molecule has 0 N–H and O–H groups in total. The second kappa shape index (κ2) is 12.3. The van der Waals surface area contributed by atoms with E-state index >= 15 is 0 Å². The molecular formula is C57H35N5. The average molecular weight is 790 g/mol. The molecule has 0 bridgehead atoms. The molecule has 0 atom stereocenters. The van der Waals surface area contributed by atoms with Gasteiger partial charge < -0.3 is 13.7 Å². The van der Waals surface area contributed by atoms with Crippen LogP contribution in [0.4, 0.5) is 5.69 Å². The molecule has 62 heavy (non-hydrogen) atoms. The molecule has 3 aromatic heterocycles. The van der Waals surface area contributed by atoms with Crippen LogP contribution in [0.25, 0.3) is 109 Å². The number of hydrogen-bond acceptors (Lipinski definition) is 1. The van der Waals surface area contributed by atoms with Crippen molar-refractivity contribution >= 4 is 81.9 Å². The number of fused-ring (bicyclic) bond motifs is 14. The lowest BCUT2D eigenvalue weighted by Gasteiger charge is -2.21. The third kappa shape index (κ3) is 4.44. The van der Waals surface area contributed by atoms with Crippen LogP contribution in [0.5, 0.6) is 0 Å². The van der Waals surface area contributed by atoms with Gasteiger partial charge in [-0.2, -0.15) is 5.26 Å². The first-order valence-corrected chi connectivity index (χ1v) is 21.0.